The molecule has 0 saturated heterocycles. The number of halogens is 1. The Morgan fingerprint density at radius 3 is 2.78 bits per heavy atom. The predicted octanol–water partition coefficient (Wildman–Crippen LogP) is 2.12. The maximum atomic E-state index is 13.0. The molecule has 0 aliphatic carbocycles. The number of aromatic nitrogens is 2. The van der Waals surface area contributed by atoms with Crippen LogP contribution in [0.3, 0.4) is 0 Å². The van der Waals surface area contributed by atoms with Crippen LogP contribution in [0.25, 0.3) is 0 Å². The quantitative estimate of drug-likeness (QED) is 0.762. The molecule has 18 heavy (non-hydrogen) atoms. The fourth-order valence-electron chi connectivity index (χ4n) is 1.47. The van der Waals surface area contributed by atoms with Crippen molar-refractivity contribution in [2.45, 2.75) is 13.8 Å². The highest BCUT2D eigenvalue weighted by Gasteiger charge is 2.15. The van der Waals surface area contributed by atoms with Crippen LogP contribution in [-0.2, 0) is 0 Å². The summed E-state index contributed by atoms with van der Waals surface area (Å²) in [6.07, 6.45) is 0. The molecule has 1 aromatic carbocycles. The van der Waals surface area contributed by atoms with Crippen LogP contribution in [0.2, 0.25) is 0 Å². The number of hydrogen-bond acceptors (Lipinski definition) is 3. The van der Waals surface area contributed by atoms with Crippen LogP contribution < -0.4 is 5.32 Å². The predicted molar refractivity (Wildman–Crippen MR) is 64.1 cm³/mol. The van der Waals surface area contributed by atoms with Gasteiger partial charge < -0.3 is 10.4 Å². The number of rotatable bonds is 2. The number of hydrogen-bond donors (Lipinski definition) is 3. The van der Waals surface area contributed by atoms with E-state index in [0.717, 1.165) is 29.5 Å². The van der Waals surface area contributed by atoms with E-state index in [4.69, 9.17) is 0 Å². The van der Waals surface area contributed by atoms with E-state index in [1.54, 1.807) is 6.92 Å². The second-order valence-corrected chi connectivity index (χ2v) is 3.94. The monoisotopic (exact) mass is 249 g/mol. The Morgan fingerprint density at radius 1 is 1.44 bits per heavy atom. The summed E-state index contributed by atoms with van der Waals surface area (Å²) in [6.45, 7) is 3.61. The van der Waals surface area contributed by atoms with E-state index in [1.807, 2.05) is 6.92 Å². The zero-order valence-electron chi connectivity index (χ0n) is 9.91. The van der Waals surface area contributed by atoms with Crippen molar-refractivity contribution in [2.75, 3.05) is 5.32 Å². The van der Waals surface area contributed by atoms with Crippen molar-refractivity contribution in [3.05, 3.63) is 40.8 Å². The number of nitrogens with one attached hydrogen (secondary N) is 2. The molecule has 0 fully saturated rings. The third-order valence-corrected chi connectivity index (χ3v) is 2.69. The number of carbonyl (C=O) groups is 1. The molecular weight excluding hydrogens is 237 g/mol. The third-order valence-electron chi connectivity index (χ3n) is 2.69. The van der Waals surface area contributed by atoms with Crippen molar-refractivity contribution < 1.29 is 14.3 Å². The minimum atomic E-state index is -0.610. The van der Waals surface area contributed by atoms with Crippen LogP contribution in [0.15, 0.2) is 18.2 Å². The first-order valence-corrected chi connectivity index (χ1v) is 5.30. The molecule has 0 saturated carbocycles. The van der Waals surface area contributed by atoms with Gasteiger partial charge in [-0.1, -0.05) is 0 Å². The highest BCUT2D eigenvalue weighted by Crippen LogP contribution is 2.20. The molecule has 0 bridgehead atoms. The number of carbonyl (C=O) groups excluding carboxylic acids is 1. The van der Waals surface area contributed by atoms with E-state index in [9.17, 15) is 14.3 Å². The van der Waals surface area contributed by atoms with E-state index < -0.39 is 11.7 Å². The summed E-state index contributed by atoms with van der Waals surface area (Å²) in [4.78, 5) is 11.9. The van der Waals surface area contributed by atoms with E-state index in [2.05, 4.69) is 15.5 Å². The van der Waals surface area contributed by atoms with Gasteiger partial charge >= 0.3 is 0 Å². The van der Waals surface area contributed by atoms with E-state index in [0.29, 0.717) is 5.82 Å². The molecule has 6 heteroatoms. The maximum Gasteiger partial charge on any atom is 0.260 e. The van der Waals surface area contributed by atoms with Crippen LogP contribution in [0.1, 0.15) is 21.6 Å². The zero-order chi connectivity index (χ0) is 13.3. The van der Waals surface area contributed by atoms with Gasteiger partial charge in [0.2, 0.25) is 0 Å². The smallest absolute Gasteiger partial charge is 0.260 e. The SMILES string of the molecule is Cc1[nH]nc(NC(=O)c2cc(F)ccc2O)c1C. The van der Waals surface area contributed by atoms with Gasteiger partial charge in [-0.15, -0.1) is 0 Å². The fraction of sp³-hybridized carbons (Fsp3) is 0.167. The molecule has 0 spiro atoms. The average Bonchev–Trinajstić information content (AvgIpc) is 2.64. The Kier molecular flexibility index (Phi) is 3.01. The lowest BCUT2D eigenvalue weighted by Crippen LogP contribution is -2.13. The molecule has 1 aromatic heterocycles. The van der Waals surface area contributed by atoms with Crippen molar-refractivity contribution in [2.24, 2.45) is 0 Å². The van der Waals surface area contributed by atoms with Crippen molar-refractivity contribution in [1.29, 1.82) is 0 Å². The molecule has 2 aromatic rings. The number of aromatic hydroxyl groups is 1. The molecular formula is C12H12FN3O2. The molecule has 0 unspecified atom stereocenters. The van der Waals surface area contributed by atoms with E-state index >= 15 is 0 Å². The van der Waals surface area contributed by atoms with Gasteiger partial charge in [0.1, 0.15) is 11.6 Å². The Labute approximate surface area is 103 Å². The Bertz CT molecular complexity index is 607. The van der Waals surface area contributed by atoms with Crippen LogP contribution in [0.5, 0.6) is 5.75 Å². The average molecular weight is 249 g/mol. The lowest BCUT2D eigenvalue weighted by molar-refractivity contribution is 0.102. The zero-order valence-corrected chi connectivity index (χ0v) is 9.91. The van der Waals surface area contributed by atoms with Crippen molar-refractivity contribution in [1.82, 2.24) is 10.2 Å². The Hall–Kier alpha value is -2.37. The normalized spacial score (nSPS) is 10.4. The number of amides is 1. The summed E-state index contributed by atoms with van der Waals surface area (Å²) in [5.74, 6) is -1.12. The first-order valence-electron chi connectivity index (χ1n) is 5.30. The molecule has 0 aliphatic heterocycles. The van der Waals surface area contributed by atoms with Gasteiger partial charge in [-0.05, 0) is 32.0 Å². The highest BCUT2D eigenvalue weighted by atomic mass is 19.1. The largest absolute Gasteiger partial charge is 0.507 e. The molecule has 0 atom stereocenters. The fourth-order valence-corrected chi connectivity index (χ4v) is 1.47. The van der Waals surface area contributed by atoms with Gasteiger partial charge in [0.15, 0.2) is 5.82 Å². The highest BCUT2D eigenvalue weighted by molar-refractivity contribution is 6.05. The molecule has 0 radical (unpaired) electrons. The van der Waals surface area contributed by atoms with Crippen LogP contribution in [0.4, 0.5) is 10.2 Å². The summed E-state index contributed by atoms with van der Waals surface area (Å²) < 4.78 is 13.0. The molecule has 3 N–H and O–H groups in total. The lowest BCUT2D eigenvalue weighted by Gasteiger charge is -2.05. The van der Waals surface area contributed by atoms with Crippen LogP contribution in [-0.4, -0.2) is 21.2 Å². The van der Waals surface area contributed by atoms with Gasteiger partial charge in [0.25, 0.3) is 5.91 Å². The molecule has 0 aliphatic rings. The molecule has 94 valence electrons. The van der Waals surface area contributed by atoms with Crippen molar-refractivity contribution in [3.8, 4) is 5.75 Å². The first-order chi connectivity index (χ1) is 8.49. The molecule has 5 nitrogen and oxygen atoms in total. The topological polar surface area (TPSA) is 78.0 Å². The number of aryl methyl sites for hydroxylation is 1. The Morgan fingerprint density at radius 2 is 2.17 bits per heavy atom. The minimum absolute atomic E-state index is 0.130. The van der Waals surface area contributed by atoms with Crippen LogP contribution >= 0.6 is 0 Å². The number of aromatic amines is 1. The first kappa shape index (κ1) is 12.1. The van der Waals surface area contributed by atoms with E-state index in [1.165, 1.54) is 0 Å². The summed E-state index contributed by atoms with van der Waals surface area (Å²) in [5.41, 5.74) is 1.49. The summed E-state index contributed by atoms with van der Waals surface area (Å²) in [7, 11) is 0. The second kappa shape index (κ2) is 4.48. The van der Waals surface area contributed by atoms with Crippen LogP contribution in [0, 0.1) is 19.7 Å². The number of nitrogens with zero attached hydrogens (tertiary/aromatic N) is 1. The lowest BCUT2D eigenvalue weighted by atomic mass is 10.2. The van der Waals surface area contributed by atoms with Gasteiger partial charge in [-0.3, -0.25) is 9.89 Å². The number of phenols is 1. The Balaban J connectivity index is 2.27. The molecule has 1 amide bonds. The number of phenolic OH excluding ortho intramolecular Hbond substituents is 1. The van der Waals surface area contributed by atoms with E-state index in [-0.39, 0.29) is 11.3 Å². The second-order valence-electron chi connectivity index (χ2n) is 3.94. The van der Waals surface area contributed by atoms with Gasteiger partial charge in [0.05, 0.1) is 5.56 Å². The maximum absolute atomic E-state index is 13.0. The molecule has 2 rings (SSSR count). The van der Waals surface area contributed by atoms with Crippen molar-refractivity contribution >= 4 is 11.7 Å². The van der Waals surface area contributed by atoms with Gasteiger partial charge in [-0.25, -0.2) is 4.39 Å². The summed E-state index contributed by atoms with van der Waals surface area (Å²) in [5, 5.41) is 18.6. The minimum Gasteiger partial charge on any atom is -0.507 e. The van der Waals surface area contributed by atoms with Gasteiger partial charge in [0, 0.05) is 11.3 Å². The number of benzene rings is 1. The number of anilines is 1. The van der Waals surface area contributed by atoms with Gasteiger partial charge in [-0.2, -0.15) is 5.10 Å². The standard InChI is InChI=1S/C12H12FN3O2/c1-6-7(2)15-16-11(6)14-12(18)9-5-8(13)3-4-10(9)17/h3-5,17H,1-2H3,(H2,14,15,16,18). The van der Waals surface area contributed by atoms with Crippen molar-refractivity contribution in [3.63, 3.8) is 0 Å². The summed E-state index contributed by atoms with van der Waals surface area (Å²) >= 11 is 0. The summed E-state index contributed by atoms with van der Waals surface area (Å²) in [6, 6.07) is 3.18. The number of H-pyrrole nitrogens is 1. The third kappa shape index (κ3) is 2.17. The molecule has 1 heterocycles.